The number of nitrogens with one attached hydrogen (secondary N) is 1. The molecule has 0 unspecified atom stereocenters. The van der Waals surface area contributed by atoms with Crippen molar-refractivity contribution >= 4 is 16.8 Å². The third-order valence-corrected chi connectivity index (χ3v) is 3.44. The van der Waals surface area contributed by atoms with Crippen LogP contribution in [0.3, 0.4) is 0 Å². The number of carbonyl (C=O) groups is 1. The molecule has 21 heavy (non-hydrogen) atoms. The molecule has 0 spiro atoms. The van der Waals surface area contributed by atoms with E-state index < -0.39 is 34.2 Å². The molecule has 0 bridgehead atoms. The molecule has 1 heterocycles. The van der Waals surface area contributed by atoms with Gasteiger partial charge in [-0.2, -0.15) is 0 Å². The van der Waals surface area contributed by atoms with Crippen molar-refractivity contribution < 1.29 is 22.4 Å². The molecule has 114 valence electrons. The molecule has 0 saturated carbocycles. The van der Waals surface area contributed by atoms with Crippen LogP contribution in [0.15, 0.2) is 6.20 Å². The largest absolute Gasteiger partial charge is 0.358 e. The zero-order chi connectivity index (χ0) is 15.7. The monoisotopic (exact) mass is 302 g/mol. The van der Waals surface area contributed by atoms with E-state index in [0.29, 0.717) is 13.1 Å². The second kappa shape index (κ2) is 5.75. The summed E-state index contributed by atoms with van der Waals surface area (Å²) in [7, 11) is 0. The number of H-pyrrole nitrogens is 1. The quantitative estimate of drug-likeness (QED) is 0.526. The molecular formula is C14H14F4N2O. The van der Waals surface area contributed by atoms with Gasteiger partial charge in [-0.1, -0.05) is 0 Å². The van der Waals surface area contributed by atoms with Crippen molar-refractivity contribution in [2.45, 2.75) is 20.3 Å². The van der Waals surface area contributed by atoms with Crippen molar-refractivity contribution in [1.29, 1.82) is 0 Å². The van der Waals surface area contributed by atoms with Crippen molar-refractivity contribution in [2.75, 3.05) is 13.1 Å². The summed E-state index contributed by atoms with van der Waals surface area (Å²) in [5.41, 5.74) is -0.383. The van der Waals surface area contributed by atoms with Crippen LogP contribution in [0, 0.1) is 23.3 Å². The van der Waals surface area contributed by atoms with Gasteiger partial charge in [-0.25, -0.2) is 17.6 Å². The number of aromatic nitrogens is 1. The Morgan fingerprint density at radius 2 is 1.62 bits per heavy atom. The second-order valence-electron chi connectivity index (χ2n) is 4.56. The summed E-state index contributed by atoms with van der Waals surface area (Å²) in [6.07, 6.45) is 0.972. The first-order valence-corrected chi connectivity index (χ1v) is 6.51. The maximum absolute atomic E-state index is 13.8. The Morgan fingerprint density at radius 1 is 1.05 bits per heavy atom. The number of aromatic amines is 1. The summed E-state index contributed by atoms with van der Waals surface area (Å²) in [6.45, 7) is 4.51. The minimum atomic E-state index is -1.88. The van der Waals surface area contributed by atoms with E-state index in [1.165, 1.54) is 11.1 Å². The fourth-order valence-corrected chi connectivity index (χ4v) is 2.29. The molecule has 3 nitrogen and oxygen atoms in total. The number of rotatable bonds is 4. The first-order valence-electron chi connectivity index (χ1n) is 6.51. The van der Waals surface area contributed by atoms with Crippen LogP contribution < -0.4 is 0 Å². The Labute approximate surface area is 118 Å². The second-order valence-corrected chi connectivity index (χ2v) is 4.56. The highest BCUT2D eigenvalue weighted by Crippen LogP contribution is 2.29. The standard InChI is InChI=1S/C14H14F4N2O/c1-3-20(4-2)8(21)5-7-6-19-14-9(7)10(15)11(16)12(17)13(14)18/h6,19H,3-5H2,1-2H3. The number of amides is 1. The lowest BCUT2D eigenvalue weighted by molar-refractivity contribution is -0.130. The topological polar surface area (TPSA) is 36.1 Å². The van der Waals surface area contributed by atoms with Crippen LogP contribution in [0.1, 0.15) is 19.4 Å². The highest BCUT2D eigenvalue weighted by molar-refractivity contribution is 5.89. The van der Waals surface area contributed by atoms with Gasteiger partial charge in [0.2, 0.25) is 5.91 Å². The molecule has 0 aliphatic heterocycles. The van der Waals surface area contributed by atoms with Crippen molar-refractivity contribution in [3.63, 3.8) is 0 Å². The Bertz CT molecular complexity index is 692. The molecule has 1 aromatic heterocycles. The lowest BCUT2D eigenvalue weighted by Crippen LogP contribution is -2.31. The summed E-state index contributed by atoms with van der Waals surface area (Å²) in [5.74, 6) is -7.04. The molecular weight excluding hydrogens is 288 g/mol. The van der Waals surface area contributed by atoms with E-state index in [-0.39, 0.29) is 17.9 Å². The fourth-order valence-electron chi connectivity index (χ4n) is 2.29. The van der Waals surface area contributed by atoms with Gasteiger partial charge in [0, 0.05) is 24.7 Å². The van der Waals surface area contributed by atoms with Crippen molar-refractivity contribution in [2.24, 2.45) is 0 Å². The Kier molecular flexibility index (Phi) is 4.20. The number of nitrogens with zero attached hydrogens (tertiary/aromatic N) is 1. The van der Waals surface area contributed by atoms with E-state index in [1.54, 1.807) is 13.8 Å². The molecule has 0 aliphatic rings. The predicted molar refractivity (Wildman–Crippen MR) is 69.8 cm³/mol. The van der Waals surface area contributed by atoms with Gasteiger partial charge in [0.05, 0.1) is 11.9 Å². The summed E-state index contributed by atoms with van der Waals surface area (Å²) in [5, 5.41) is -0.424. The molecule has 0 radical (unpaired) electrons. The molecule has 2 aromatic rings. The maximum atomic E-state index is 13.8. The maximum Gasteiger partial charge on any atom is 0.227 e. The minimum Gasteiger partial charge on any atom is -0.358 e. The van der Waals surface area contributed by atoms with E-state index in [4.69, 9.17) is 0 Å². The van der Waals surface area contributed by atoms with E-state index in [2.05, 4.69) is 4.98 Å². The lowest BCUT2D eigenvalue weighted by atomic mass is 10.1. The van der Waals surface area contributed by atoms with Gasteiger partial charge >= 0.3 is 0 Å². The SMILES string of the molecule is CCN(CC)C(=O)Cc1c[nH]c2c(F)c(F)c(F)c(F)c12. The number of hydrogen-bond acceptors (Lipinski definition) is 1. The van der Waals surface area contributed by atoms with Crippen molar-refractivity contribution in [1.82, 2.24) is 9.88 Å². The summed E-state index contributed by atoms with van der Waals surface area (Å²) in [6, 6.07) is 0. The average Bonchev–Trinajstić information content (AvgIpc) is 2.88. The van der Waals surface area contributed by atoms with Crippen molar-refractivity contribution in [3.05, 3.63) is 35.0 Å². The van der Waals surface area contributed by atoms with Gasteiger partial charge in [-0.15, -0.1) is 0 Å². The number of carbonyl (C=O) groups excluding carboxylic acids is 1. The molecule has 2 rings (SSSR count). The molecule has 7 heteroatoms. The number of fused-ring (bicyclic) bond motifs is 1. The fraction of sp³-hybridized carbons (Fsp3) is 0.357. The van der Waals surface area contributed by atoms with E-state index in [0.717, 1.165) is 0 Å². The summed E-state index contributed by atoms with van der Waals surface area (Å²) >= 11 is 0. The van der Waals surface area contributed by atoms with Gasteiger partial charge in [0.1, 0.15) is 0 Å². The normalized spacial score (nSPS) is 11.1. The third-order valence-electron chi connectivity index (χ3n) is 3.44. The average molecular weight is 302 g/mol. The van der Waals surface area contributed by atoms with Gasteiger partial charge < -0.3 is 9.88 Å². The lowest BCUT2D eigenvalue weighted by Gasteiger charge is -2.18. The van der Waals surface area contributed by atoms with Gasteiger partial charge in [-0.05, 0) is 19.4 Å². The molecule has 0 saturated heterocycles. The van der Waals surface area contributed by atoms with E-state index in [9.17, 15) is 22.4 Å². The van der Waals surface area contributed by atoms with Crippen LogP contribution in [0.2, 0.25) is 0 Å². The van der Waals surface area contributed by atoms with Crippen molar-refractivity contribution in [3.8, 4) is 0 Å². The van der Waals surface area contributed by atoms with Crippen LogP contribution in [0.25, 0.3) is 10.9 Å². The van der Waals surface area contributed by atoms with Crippen LogP contribution in [0.4, 0.5) is 17.6 Å². The predicted octanol–water partition coefficient (Wildman–Crippen LogP) is 3.14. The minimum absolute atomic E-state index is 0.0946. The number of hydrogen-bond donors (Lipinski definition) is 1. The first kappa shape index (κ1) is 15.3. The molecule has 1 aromatic carbocycles. The first-order chi connectivity index (χ1) is 9.92. The number of benzene rings is 1. The zero-order valence-corrected chi connectivity index (χ0v) is 11.6. The Morgan fingerprint density at radius 3 is 2.19 bits per heavy atom. The van der Waals surface area contributed by atoms with Gasteiger partial charge in [0.15, 0.2) is 23.3 Å². The number of halogens is 4. The van der Waals surface area contributed by atoms with E-state index in [1.807, 2.05) is 0 Å². The highest BCUT2D eigenvalue weighted by atomic mass is 19.2. The summed E-state index contributed by atoms with van der Waals surface area (Å²) < 4.78 is 53.8. The molecule has 0 fully saturated rings. The number of likely N-dealkylation sites (N-methyl/N-ethyl adjacent to an activating group) is 1. The molecule has 0 aliphatic carbocycles. The smallest absolute Gasteiger partial charge is 0.227 e. The molecule has 1 N–H and O–H groups in total. The van der Waals surface area contributed by atoms with E-state index >= 15 is 0 Å². The van der Waals surface area contributed by atoms with Gasteiger partial charge in [-0.3, -0.25) is 4.79 Å². The van der Waals surface area contributed by atoms with Crippen LogP contribution in [-0.2, 0) is 11.2 Å². The zero-order valence-electron chi connectivity index (χ0n) is 11.6. The molecule has 0 atom stereocenters. The Hall–Kier alpha value is -2.05. The Balaban J connectivity index is 2.50. The highest BCUT2D eigenvalue weighted by Gasteiger charge is 2.24. The van der Waals surface area contributed by atoms with Crippen LogP contribution in [-0.4, -0.2) is 28.9 Å². The summed E-state index contributed by atoms with van der Waals surface area (Å²) in [4.78, 5) is 15.9. The van der Waals surface area contributed by atoms with Gasteiger partial charge in [0.25, 0.3) is 0 Å². The molecule has 1 amide bonds. The third kappa shape index (κ3) is 2.48. The van der Waals surface area contributed by atoms with Crippen LogP contribution >= 0.6 is 0 Å². The van der Waals surface area contributed by atoms with Crippen LogP contribution in [0.5, 0.6) is 0 Å².